The number of nitrogens with zero attached hydrogens (tertiary/aromatic N) is 2. The SMILES string of the molecule is CC(C)(C)C(=O)N1CCC[C@@H]1c1ncc(Cc2cccc(F)c2)o1. The molecule has 0 bridgehead atoms. The number of oxazole rings is 1. The minimum Gasteiger partial charge on any atom is -0.443 e. The minimum absolute atomic E-state index is 0.0991. The summed E-state index contributed by atoms with van der Waals surface area (Å²) >= 11 is 0. The Balaban J connectivity index is 1.76. The average molecular weight is 330 g/mol. The van der Waals surface area contributed by atoms with Crippen molar-refractivity contribution in [1.29, 1.82) is 0 Å². The van der Waals surface area contributed by atoms with Gasteiger partial charge in [-0.1, -0.05) is 32.9 Å². The molecule has 2 heterocycles. The van der Waals surface area contributed by atoms with Crippen molar-refractivity contribution in [2.45, 2.75) is 46.1 Å². The van der Waals surface area contributed by atoms with Gasteiger partial charge in [0.05, 0.1) is 6.20 Å². The predicted octanol–water partition coefficient (Wildman–Crippen LogP) is 4.11. The van der Waals surface area contributed by atoms with E-state index in [0.29, 0.717) is 18.1 Å². The van der Waals surface area contributed by atoms with E-state index in [1.54, 1.807) is 12.3 Å². The molecule has 4 nitrogen and oxygen atoms in total. The van der Waals surface area contributed by atoms with Gasteiger partial charge in [0, 0.05) is 18.4 Å². The lowest BCUT2D eigenvalue weighted by molar-refractivity contribution is -0.140. The Morgan fingerprint density at radius 1 is 1.42 bits per heavy atom. The zero-order valence-corrected chi connectivity index (χ0v) is 14.4. The number of likely N-dealkylation sites (tertiary alicyclic amines) is 1. The van der Waals surface area contributed by atoms with E-state index >= 15 is 0 Å². The number of hydrogen-bond acceptors (Lipinski definition) is 3. The molecule has 1 saturated heterocycles. The van der Waals surface area contributed by atoms with Crippen LogP contribution in [0, 0.1) is 11.2 Å². The molecule has 1 atom stereocenters. The summed E-state index contributed by atoms with van der Waals surface area (Å²) < 4.78 is 19.2. The van der Waals surface area contributed by atoms with Crippen LogP contribution in [0.4, 0.5) is 4.39 Å². The van der Waals surface area contributed by atoms with E-state index in [2.05, 4.69) is 4.98 Å². The third-order valence-corrected chi connectivity index (χ3v) is 4.28. The molecule has 1 aliphatic heterocycles. The number of benzene rings is 1. The smallest absolute Gasteiger partial charge is 0.228 e. The second-order valence-electron chi connectivity index (χ2n) is 7.38. The average Bonchev–Trinajstić information content (AvgIpc) is 3.14. The third-order valence-electron chi connectivity index (χ3n) is 4.28. The van der Waals surface area contributed by atoms with Crippen LogP contribution in [0.1, 0.15) is 56.9 Å². The number of carbonyl (C=O) groups is 1. The number of hydrogen-bond donors (Lipinski definition) is 0. The highest BCUT2D eigenvalue weighted by molar-refractivity contribution is 5.82. The molecule has 1 aliphatic rings. The van der Waals surface area contributed by atoms with Crippen LogP contribution in [0.5, 0.6) is 0 Å². The standard InChI is InChI=1S/C19H23FN2O2/c1-19(2,3)18(23)22-9-5-8-16(22)17-21-12-15(24-17)11-13-6-4-7-14(20)10-13/h4,6-7,10,12,16H,5,8-9,11H2,1-3H3/t16-/m1/s1. The van der Waals surface area contributed by atoms with Gasteiger partial charge in [0.2, 0.25) is 11.8 Å². The summed E-state index contributed by atoms with van der Waals surface area (Å²) in [4.78, 5) is 18.9. The van der Waals surface area contributed by atoms with Crippen LogP contribution in [0.15, 0.2) is 34.9 Å². The van der Waals surface area contributed by atoms with Crippen molar-refractivity contribution in [2.24, 2.45) is 5.41 Å². The number of halogens is 1. The maximum Gasteiger partial charge on any atom is 0.228 e. The first-order chi connectivity index (χ1) is 11.3. The maximum absolute atomic E-state index is 13.3. The van der Waals surface area contributed by atoms with Gasteiger partial charge in [0.1, 0.15) is 17.6 Å². The van der Waals surface area contributed by atoms with Crippen LogP contribution in [0.2, 0.25) is 0 Å². The summed E-state index contributed by atoms with van der Waals surface area (Å²) in [5, 5.41) is 0. The van der Waals surface area contributed by atoms with Crippen molar-refractivity contribution in [3.05, 3.63) is 53.5 Å². The van der Waals surface area contributed by atoms with Gasteiger partial charge in [0.15, 0.2) is 0 Å². The van der Waals surface area contributed by atoms with Crippen LogP contribution < -0.4 is 0 Å². The molecule has 0 radical (unpaired) electrons. The molecular formula is C19H23FN2O2. The van der Waals surface area contributed by atoms with E-state index in [1.807, 2.05) is 31.7 Å². The van der Waals surface area contributed by atoms with Crippen LogP contribution in [-0.2, 0) is 11.2 Å². The molecule has 0 aliphatic carbocycles. The first-order valence-electron chi connectivity index (χ1n) is 8.35. The van der Waals surface area contributed by atoms with Gasteiger partial charge in [-0.05, 0) is 30.5 Å². The molecule has 0 spiro atoms. The molecule has 128 valence electrons. The second-order valence-corrected chi connectivity index (χ2v) is 7.38. The van der Waals surface area contributed by atoms with E-state index in [4.69, 9.17) is 4.42 Å². The molecule has 3 rings (SSSR count). The summed E-state index contributed by atoms with van der Waals surface area (Å²) in [6.45, 7) is 6.52. The minimum atomic E-state index is -0.417. The van der Waals surface area contributed by atoms with Crippen molar-refractivity contribution in [3.63, 3.8) is 0 Å². The highest BCUT2D eigenvalue weighted by Crippen LogP contribution is 2.35. The number of aromatic nitrogens is 1. The fraction of sp³-hybridized carbons (Fsp3) is 0.474. The molecule has 1 aromatic heterocycles. The fourth-order valence-corrected chi connectivity index (χ4v) is 3.10. The lowest BCUT2D eigenvalue weighted by Crippen LogP contribution is -2.39. The topological polar surface area (TPSA) is 46.3 Å². The fourth-order valence-electron chi connectivity index (χ4n) is 3.10. The van der Waals surface area contributed by atoms with Gasteiger partial charge in [-0.3, -0.25) is 4.79 Å². The summed E-state index contributed by atoms with van der Waals surface area (Å²) in [7, 11) is 0. The molecule has 5 heteroatoms. The van der Waals surface area contributed by atoms with Gasteiger partial charge in [-0.2, -0.15) is 0 Å². The van der Waals surface area contributed by atoms with Crippen LogP contribution in [0.3, 0.4) is 0 Å². The molecule has 2 aromatic rings. The van der Waals surface area contributed by atoms with Crippen molar-refractivity contribution >= 4 is 5.91 Å². The Hall–Kier alpha value is -2.17. The van der Waals surface area contributed by atoms with Crippen LogP contribution >= 0.6 is 0 Å². The normalized spacial score (nSPS) is 18.2. The monoisotopic (exact) mass is 330 g/mol. The van der Waals surface area contributed by atoms with Gasteiger partial charge in [-0.15, -0.1) is 0 Å². The number of carbonyl (C=O) groups excluding carboxylic acids is 1. The Morgan fingerprint density at radius 3 is 2.92 bits per heavy atom. The first-order valence-corrected chi connectivity index (χ1v) is 8.35. The molecule has 0 N–H and O–H groups in total. The predicted molar refractivity (Wildman–Crippen MR) is 88.9 cm³/mol. The van der Waals surface area contributed by atoms with Crippen molar-refractivity contribution in [3.8, 4) is 0 Å². The highest BCUT2D eigenvalue weighted by Gasteiger charge is 2.37. The van der Waals surface area contributed by atoms with Crippen molar-refractivity contribution < 1.29 is 13.6 Å². The summed E-state index contributed by atoms with van der Waals surface area (Å²) in [5.74, 6) is 1.13. The molecule has 1 aromatic carbocycles. The Labute approximate surface area is 141 Å². The lowest BCUT2D eigenvalue weighted by atomic mass is 9.94. The molecule has 24 heavy (non-hydrogen) atoms. The van der Waals surface area contributed by atoms with Gasteiger partial charge < -0.3 is 9.32 Å². The van der Waals surface area contributed by atoms with Crippen molar-refractivity contribution in [2.75, 3.05) is 6.54 Å². The van der Waals surface area contributed by atoms with E-state index in [1.165, 1.54) is 12.1 Å². The summed E-state index contributed by atoms with van der Waals surface area (Å²) in [5.41, 5.74) is 0.422. The molecule has 1 fully saturated rings. The van der Waals surface area contributed by atoms with E-state index in [9.17, 15) is 9.18 Å². The van der Waals surface area contributed by atoms with E-state index in [-0.39, 0.29) is 17.8 Å². The van der Waals surface area contributed by atoms with Gasteiger partial charge in [0.25, 0.3) is 0 Å². The third kappa shape index (κ3) is 3.50. The maximum atomic E-state index is 13.3. The first kappa shape index (κ1) is 16.7. The summed E-state index contributed by atoms with van der Waals surface area (Å²) in [6.07, 6.45) is 3.98. The van der Waals surface area contributed by atoms with Gasteiger partial charge >= 0.3 is 0 Å². The van der Waals surface area contributed by atoms with E-state index in [0.717, 1.165) is 24.9 Å². The Bertz CT molecular complexity index is 733. The Morgan fingerprint density at radius 2 is 2.21 bits per heavy atom. The zero-order valence-electron chi connectivity index (χ0n) is 14.4. The summed E-state index contributed by atoms with van der Waals surface area (Å²) in [6, 6.07) is 6.36. The largest absolute Gasteiger partial charge is 0.443 e. The molecule has 1 amide bonds. The zero-order chi connectivity index (χ0) is 17.3. The lowest BCUT2D eigenvalue weighted by Gasteiger charge is -2.29. The second kappa shape index (κ2) is 6.38. The number of rotatable bonds is 3. The molecular weight excluding hydrogens is 307 g/mol. The quantitative estimate of drug-likeness (QED) is 0.850. The number of amides is 1. The van der Waals surface area contributed by atoms with Crippen molar-refractivity contribution in [1.82, 2.24) is 9.88 Å². The van der Waals surface area contributed by atoms with Crippen LogP contribution in [-0.4, -0.2) is 22.3 Å². The molecule has 0 unspecified atom stereocenters. The highest BCUT2D eigenvalue weighted by atomic mass is 19.1. The van der Waals surface area contributed by atoms with Crippen LogP contribution in [0.25, 0.3) is 0 Å². The van der Waals surface area contributed by atoms with Gasteiger partial charge in [-0.25, -0.2) is 9.37 Å². The van der Waals surface area contributed by atoms with E-state index < -0.39 is 5.41 Å². The molecule has 0 saturated carbocycles. The Kier molecular flexibility index (Phi) is 4.43.